The number of allylic oxidation sites excluding steroid dienone is 1. The number of hydrogen-bond acceptors (Lipinski definition) is 4. The smallest absolute Gasteiger partial charge is 0.337 e. The Hall–Kier alpha value is -2.23. The third-order valence-corrected chi connectivity index (χ3v) is 3.21. The Morgan fingerprint density at radius 3 is 1.95 bits per heavy atom. The molecular formula is C16H18O4. The van der Waals surface area contributed by atoms with E-state index in [2.05, 4.69) is 11.3 Å². The molecule has 4 nitrogen and oxygen atoms in total. The summed E-state index contributed by atoms with van der Waals surface area (Å²) in [6.45, 7) is 6.49. The molecule has 0 unspecified atom stereocenters. The van der Waals surface area contributed by atoms with Crippen molar-refractivity contribution in [1.29, 1.82) is 0 Å². The molecule has 0 aromatic heterocycles. The van der Waals surface area contributed by atoms with E-state index in [0.29, 0.717) is 5.56 Å². The average Bonchev–Trinajstić information content (AvgIpc) is 2.43. The van der Waals surface area contributed by atoms with Crippen molar-refractivity contribution >= 4 is 17.5 Å². The fourth-order valence-electron chi connectivity index (χ4n) is 2.22. The number of methoxy groups -OCH3 is 1. The molecule has 1 aromatic rings. The molecule has 20 heavy (non-hydrogen) atoms. The van der Waals surface area contributed by atoms with Gasteiger partial charge in [-0.1, -0.05) is 18.2 Å². The maximum absolute atomic E-state index is 11.6. The van der Waals surface area contributed by atoms with Gasteiger partial charge in [-0.3, -0.25) is 9.59 Å². The molecule has 0 saturated carbocycles. The van der Waals surface area contributed by atoms with Crippen molar-refractivity contribution in [2.45, 2.75) is 19.8 Å². The van der Waals surface area contributed by atoms with Gasteiger partial charge >= 0.3 is 5.97 Å². The van der Waals surface area contributed by atoms with E-state index in [1.807, 2.05) is 0 Å². The van der Waals surface area contributed by atoms with Gasteiger partial charge in [0.25, 0.3) is 0 Å². The number of esters is 1. The highest BCUT2D eigenvalue weighted by atomic mass is 16.5. The molecule has 0 aliphatic carbocycles. The van der Waals surface area contributed by atoms with Crippen molar-refractivity contribution in [3.8, 4) is 0 Å². The SMILES string of the molecule is C=C[C@H](c1ccc(C(=O)OC)cc1)C(C(C)=O)C(C)=O. The summed E-state index contributed by atoms with van der Waals surface area (Å²) in [6, 6.07) is 6.62. The van der Waals surface area contributed by atoms with E-state index in [1.54, 1.807) is 30.3 Å². The zero-order valence-corrected chi connectivity index (χ0v) is 11.9. The van der Waals surface area contributed by atoms with Crippen LogP contribution in [0.2, 0.25) is 0 Å². The van der Waals surface area contributed by atoms with E-state index in [-0.39, 0.29) is 11.6 Å². The Morgan fingerprint density at radius 2 is 1.60 bits per heavy atom. The van der Waals surface area contributed by atoms with Crippen LogP contribution in [0.3, 0.4) is 0 Å². The summed E-state index contributed by atoms with van der Waals surface area (Å²) in [5.41, 5.74) is 1.18. The summed E-state index contributed by atoms with van der Waals surface area (Å²) in [4.78, 5) is 34.6. The quantitative estimate of drug-likeness (QED) is 0.454. The molecule has 0 aliphatic heterocycles. The minimum absolute atomic E-state index is 0.195. The highest BCUT2D eigenvalue weighted by Gasteiger charge is 2.28. The van der Waals surface area contributed by atoms with Crippen LogP contribution >= 0.6 is 0 Å². The Kier molecular flexibility index (Phi) is 5.38. The number of ketones is 2. The molecule has 0 N–H and O–H groups in total. The standard InChI is InChI=1S/C16H18O4/c1-5-14(15(10(2)17)11(3)18)12-6-8-13(9-7-12)16(19)20-4/h5-9,14-15H,1H2,2-4H3/t14-/m1/s1. The number of carbonyl (C=O) groups excluding carboxylic acids is 3. The lowest BCUT2D eigenvalue weighted by atomic mass is 9.81. The van der Waals surface area contributed by atoms with Crippen LogP contribution in [0.4, 0.5) is 0 Å². The van der Waals surface area contributed by atoms with Gasteiger partial charge < -0.3 is 4.74 Å². The number of rotatable bonds is 6. The van der Waals surface area contributed by atoms with Crippen molar-refractivity contribution in [3.63, 3.8) is 0 Å². The molecule has 0 bridgehead atoms. The first-order valence-electron chi connectivity index (χ1n) is 6.24. The second-order valence-corrected chi connectivity index (χ2v) is 4.57. The summed E-state index contributed by atoms with van der Waals surface area (Å²) in [5.74, 6) is -1.95. The summed E-state index contributed by atoms with van der Waals surface area (Å²) >= 11 is 0. The summed E-state index contributed by atoms with van der Waals surface area (Å²) in [6.07, 6.45) is 1.58. The number of Topliss-reactive ketones (excluding diaryl/α,β-unsaturated/α-hetero) is 2. The predicted molar refractivity (Wildman–Crippen MR) is 75.6 cm³/mol. The van der Waals surface area contributed by atoms with Crippen molar-refractivity contribution in [1.82, 2.24) is 0 Å². The molecule has 0 aliphatic rings. The minimum Gasteiger partial charge on any atom is -0.465 e. The number of hydrogen-bond donors (Lipinski definition) is 0. The molecule has 1 atom stereocenters. The molecule has 0 saturated heterocycles. The maximum Gasteiger partial charge on any atom is 0.337 e. The minimum atomic E-state index is -0.739. The molecule has 1 aromatic carbocycles. The van der Waals surface area contributed by atoms with Crippen molar-refractivity contribution in [3.05, 3.63) is 48.0 Å². The van der Waals surface area contributed by atoms with Crippen molar-refractivity contribution in [2.75, 3.05) is 7.11 Å². The zero-order chi connectivity index (χ0) is 15.3. The van der Waals surface area contributed by atoms with Crippen LogP contribution in [0.5, 0.6) is 0 Å². The van der Waals surface area contributed by atoms with Crippen LogP contribution in [-0.4, -0.2) is 24.6 Å². The Bertz CT molecular complexity index is 514. The molecule has 0 heterocycles. The largest absolute Gasteiger partial charge is 0.465 e. The van der Waals surface area contributed by atoms with Crippen LogP contribution in [0, 0.1) is 5.92 Å². The summed E-state index contributed by atoms with van der Waals surface area (Å²) < 4.78 is 4.62. The van der Waals surface area contributed by atoms with Crippen LogP contribution in [0.1, 0.15) is 35.7 Å². The number of benzene rings is 1. The number of carbonyl (C=O) groups is 3. The topological polar surface area (TPSA) is 60.4 Å². The first-order chi connectivity index (χ1) is 9.42. The van der Waals surface area contributed by atoms with E-state index in [0.717, 1.165) is 5.56 Å². The van der Waals surface area contributed by atoms with Gasteiger partial charge in [-0.25, -0.2) is 4.79 Å². The average molecular weight is 274 g/mol. The summed E-state index contributed by atoms with van der Waals surface area (Å²) in [5, 5.41) is 0. The third kappa shape index (κ3) is 3.41. The molecular weight excluding hydrogens is 256 g/mol. The Labute approximate surface area is 118 Å². The van der Waals surface area contributed by atoms with Gasteiger partial charge in [0.1, 0.15) is 11.6 Å². The first-order valence-corrected chi connectivity index (χ1v) is 6.24. The van der Waals surface area contributed by atoms with Gasteiger partial charge in [0.05, 0.1) is 18.6 Å². The van der Waals surface area contributed by atoms with E-state index in [1.165, 1.54) is 21.0 Å². The van der Waals surface area contributed by atoms with Crippen LogP contribution in [-0.2, 0) is 14.3 Å². The molecule has 4 heteroatoms. The maximum atomic E-state index is 11.6. The highest BCUT2D eigenvalue weighted by molar-refractivity contribution is 6.01. The predicted octanol–water partition coefficient (Wildman–Crippen LogP) is 2.54. The van der Waals surface area contributed by atoms with E-state index < -0.39 is 17.8 Å². The van der Waals surface area contributed by atoms with Gasteiger partial charge in [0.15, 0.2) is 0 Å². The lowest BCUT2D eigenvalue weighted by Crippen LogP contribution is -2.26. The molecule has 1 rings (SSSR count). The molecule has 0 spiro atoms. The van der Waals surface area contributed by atoms with Gasteiger partial charge in [-0.05, 0) is 31.5 Å². The Morgan fingerprint density at radius 1 is 1.10 bits per heavy atom. The zero-order valence-electron chi connectivity index (χ0n) is 11.9. The first kappa shape index (κ1) is 15.8. The van der Waals surface area contributed by atoms with Gasteiger partial charge in [-0.15, -0.1) is 6.58 Å². The lowest BCUT2D eigenvalue weighted by Gasteiger charge is -2.20. The van der Waals surface area contributed by atoms with Gasteiger partial charge in [0.2, 0.25) is 0 Å². The second-order valence-electron chi connectivity index (χ2n) is 4.57. The highest BCUT2D eigenvalue weighted by Crippen LogP contribution is 2.28. The number of ether oxygens (including phenoxy) is 1. The molecule has 106 valence electrons. The molecule has 0 amide bonds. The Balaban J connectivity index is 3.12. The van der Waals surface area contributed by atoms with Gasteiger partial charge in [-0.2, -0.15) is 0 Å². The van der Waals surface area contributed by atoms with Crippen LogP contribution in [0.15, 0.2) is 36.9 Å². The normalized spacial score (nSPS) is 11.8. The molecule has 0 radical (unpaired) electrons. The van der Waals surface area contributed by atoms with E-state index in [9.17, 15) is 14.4 Å². The lowest BCUT2D eigenvalue weighted by molar-refractivity contribution is -0.130. The summed E-state index contributed by atoms with van der Waals surface area (Å²) in [7, 11) is 1.31. The van der Waals surface area contributed by atoms with Crippen molar-refractivity contribution in [2.24, 2.45) is 5.92 Å². The molecule has 0 fully saturated rings. The second kappa shape index (κ2) is 6.80. The third-order valence-electron chi connectivity index (χ3n) is 3.21. The fourth-order valence-corrected chi connectivity index (χ4v) is 2.22. The van der Waals surface area contributed by atoms with Crippen LogP contribution < -0.4 is 0 Å². The van der Waals surface area contributed by atoms with E-state index in [4.69, 9.17) is 0 Å². The van der Waals surface area contributed by atoms with Crippen molar-refractivity contribution < 1.29 is 19.1 Å². The monoisotopic (exact) mass is 274 g/mol. The fraction of sp³-hybridized carbons (Fsp3) is 0.312. The van der Waals surface area contributed by atoms with Gasteiger partial charge in [0, 0.05) is 5.92 Å². The van der Waals surface area contributed by atoms with Crippen LogP contribution in [0.25, 0.3) is 0 Å². The van der Waals surface area contributed by atoms with E-state index >= 15 is 0 Å².